The summed E-state index contributed by atoms with van der Waals surface area (Å²) in [6.45, 7) is 1.03. The van der Waals surface area contributed by atoms with E-state index >= 15 is 0 Å². The molecule has 6 nitrogen and oxygen atoms in total. The molecule has 1 unspecified atom stereocenters. The van der Waals surface area contributed by atoms with Gasteiger partial charge in [0.15, 0.2) is 6.61 Å². The molecule has 25 heavy (non-hydrogen) atoms. The van der Waals surface area contributed by atoms with Crippen molar-refractivity contribution in [3.05, 3.63) is 65.7 Å². The molecule has 1 aliphatic heterocycles. The lowest BCUT2D eigenvalue weighted by atomic mass is 10.1. The second-order valence-electron chi connectivity index (χ2n) is 5.73. The van der Waals surface area contributed by atoms with Gasteiger partial charge in [-0.3, -0.25) is 4.79 Å². The van der Waals surface area contributed by atoms with Gasteiger partial charge < -0.3 is 19.5 Å². The average Bonchev–Trinajstić information content (AvgIpc) is 2.67. The highest BCUT2D eigenvalue weighted by atomic mass is 16.5. The van der Waals surface area contributed by atoms with Gasteiger partial charge in [-0.15, -0.1) is 0 Å². The fourth-order valence-corrected chi connectivity index (χ4v) is 2.75. The molecule has 2 aromatic rings. The number of hydrogen-bond acceptors (Lipinski definition) is 4. The van der Waals surface area contributed by atoms with Gasteiger partial charge in [-0.1, -0.05) is 36.4 Å². The molecular formula is C19H19NO5. The van der Waals surface area contributed by atoms with Crippen molar-refractivity contribution in [2.75, 3.05) is 26.3 Å². The Labute approximate surface area is 145 Å². The summed E-state index contributed by atoms with van der Waals surface area (Å²) < 4.78 is 10.9. The first-order valence-electron chi connectivity index (χ1n) is 8.04. The maximum absolute atomic E-state index is 12.8. The number of carboxylic acid groups (broad SMARTS) is 1. The number of carboxylic acids is 1. The Morgan fingerprint density at radius 1 is 1.16 bits per heavy atom. The van der Waals surface area contributed by atoms with Crippen molar-refractivity contribution in [2.24, 2.45) is 0 Å². The minimum Gasteiger partial charge on any atom is -0.482 e. The summed E-state index contributed by atoms with van der Waals surface area (Å²) in [5.74, 6) is -0.818. The maximum Gasteiger partial charge on any atom is 0.341 e. The van der Waals surface area contributed by atoms with Crippen LogP contribution < -0.4 is 4.74 Å². The van der Waals surface area contributed by atoms with Crippen LogP contribution in [0, 0.1) is 0 Å². The van der Waals surface area contributed by atoms with Crippen LogP contribution in [-0.4, -0.2) is 48.2 Å². The van der Waals surface area contributed by atoms with E-state index in [9.17, 15) is 9.59 Å². The van der Waals surface area contributed by atoms with Crippen molar-refractivity contribution < 1.29 is 24.2 Å². The number of ether oxygens (including phenoxy) is 2. The maximum atomic E-state index is 12.8. The second-order valence-corrected chi connectivity index (χ2v) is 5.73. The first-order chi connectivity index (χ1) is 12.1. The summed E-state index contributed by atoms with van der Waals surface area (Å²) >= 11 is 0. The molecule has 0 aliphatic carbocycles. The number of benzene rings is 2. The lowest BCUT2D eigenvalue weighted by Gasteiger charge is -2.33. The van der Waals surface area contributed by atoms with Crippen molar-refractivity contribution in [3.8, 4) is 5.75 Å². The zero-order chi connectivity index (χ0) is 17.6. The van der Waals surface area contributed by atoms with Gasteiger partial charge in [-0.2, -0.15) is 0 Å². The second kappa shape index (κ2) is 7.81. The normalized spacial score (nSPS) is 17.1. The Balaban J connectivity index is 1.70. The molecule has 2 aromatic carbocycles. The minimum atomic E-state index is -1.06. The van der Waals surface area contributed by atoms with E-state index in [1.165, 1.54) is 0 Å². The number of nitrogens with zero attached hydrogens (tertiary/aromatic N) is 1. The molecular weight excluding hydrogens is 322 g/mol. The molecule has 0 aromatic heterocycles. The van der Waals surface area contributed by atoms with Crippen LogP contribution >= 0.6 is 0 Å². The molecule has 130 valence electrons. The Bertz CT molecular complexity index is 746. The highest BCUT2D eigenvalue weighted by Gasteiger charge is 2.26. The van der Waals surface area contributed by atoms with Gasteiger partial charge in [0.05, 0.1) is 13.2 Å². The first-order valence-corrected chi connectivity index (χ1v) is 8.04. The lowest BCUT2D eigenvalue weighted by Crippen LogP contribution is -2.42. The van der Waals surface area contributed by atoms with Crippen molar-refractivity contribution in [1.82, 2.24) is 4.90 Å². The van der Waals surface area contributed by atoms with Gasteiger partial charge >= 0.3 is 5.97 Å². The third kappa shape index (κ3) is 4.36. The highest BCUT2D eigenvalue weighted by Crippen LogP contribution is 2.24. The van der Waals surface area contributed by atoms with E-state index in [0.717, 1.165) is 5.56 Å². The highest BCUT2D eigenvalue weighted by molar-refractivity contribution is 5.94. The topological polar surface area (TPSA) is 76.1 Å². The molecule has 0 bridgehead atoms. The van der Waals surface area contributed by atoms with E-state index in [1.54, 1.807) is 29.2 Å². The molecule has 1 heterocycles. The Morgan fingerprint density at radius 3 is 2.72 bits per heavy atom. The smallest absolute Gasteiger partial charge is 0.341 e. The number of carbonyl (C=O) groups excluding carboxylic acids is 1. The summed E-state index contributed by atoms with van der Waals surface area (Å²) in [5.41, 5.74) is 1.51. The Hall–Kier alpha value is -2.86. The van der Waals surface area contributed by atoms with Crippen molar-refractivity contribution >= 4 is 11.9 Å². The van der Waals surface area contributed by atoms with Crippen LogP contribution in [0.2, 0.25) is 0 Å². The summed E-state index contributed by atoms with van der Waals surface area (Å²) in [7, 11) is 0. The zero-order valence-electron chi connectivity index (χ0n) is 13.6. The van der Waals surface area contributed by atoms with E-state index in [2.05, 4.69) is 0 Å². The molecule has 3 rings (SSSR count). The molecule has 1 aliphatic rings. The van der Waals surface area contributed by atoms with Gasteiger partial charge in [0.1, 0.15) is 11.9 Å². The van der Waals surface area contributed by atoms with E-state index < -0.39 is 12.6 Å². The number of amides is 1. The Morgan fingerprint density at radius 2 is 1.96 bits per heavy atom. The summed E-state index contributed by atoms with van der Waals surface area (Å²) in [4.78, 5) is 25.1. The fourth-order valence-electron chi connectivity index (χ4n) is 2.75. The standard InChI is InChI=1S/C19H19NO5/c21-18(22)13-25-16-8-4-7-15(11-16)19(23)20-9-10-24-17(12-20)14-5-2-1-3-6-14/h1-8,11,17H,9-10,12-13H2,(H,21,22). The predicted molar refractivity (Wildman–Crippen MR) is 90.6 cm³/mol. The van der Waals surface area contributed by atoms with Gasteiger partial charge in [0.2, 0.25) is 0 Å². The van der Waals surface area contributed by atoms with Crippen LogP contribution in [-0.2, 0) is 9.53 Å². The molecule has 1 fully saturated rings. The number of carbonyl (C=O) groups is 2. The van der Waals surface area contributed by atoms with Crippen LogP contribution in [0.1, 0.15) is 22.0 Å². The van der Waals surface area contributed by atoms with Crippen LogP contribution in [0.15, 0.2) is 54.6 Å². The predicted octanol–water partition coefficient (Wildman–Crippen LogP) is 2.36. The molecule has 1 amide bonds. The molecule has 0 saturated carbocycles. The van der Waals surface area contributed by atoms with Crippen LogP contribution in [0.25, 0.3) is 0 Å². The van der Waals surface area contributed by atoms with Gasteiger partial charge in [0, 0.05) is 12.1 Å². The zero-order valence-corrected chi connectivity index (χ0v) is 13.6. The van der Waals surface area contributed by atoms with Gasteiger partial charge in [-0.25, -0.2) is 4.79 Å². The van der Waals surface area contributed by atoms with Crippen LogP contribution in [0.4, 0.5) is 0 Å². The number of hydrogen-bond donors (Lipinski definition) is 1. The van der Waals surface area contributed by atoms with E-state index in [-0.39, 0.29) is 12.0 Å². The monoisotopic (exact) mass is 341 g/mol. The third-order valence-corrected chi connectivity index (χ3v) is 3.97. The molecule has 6 heteroatoms. The Kier molecular flexibility index (Phi) is 5.30. The van der Waals surface area contributed by atoms with Gasteiger partial charge in [0.25, 0.3) is 5.91 Å². The summed E-state index contributed by atoms with van der Waals surface area (Å²) in [5, 5.41) is 8.68. The van der Waals surface area contributed by atoms with Crippen molar-refractivity contribution in [2.45, 2.75) is 6.10 Å². The first kappa shape index (κ1) is 17.0. The van der Waals surface area contributed by atoms with Crippen molar-refractivity contribution in [1.29, 1.82) is 0 Å². The number of morpholine rings is 1. The fraction of sp³-hybridized carbons (Fsp3) is 0.263. The van der Waals surface area contributed by atoms with Gasteiger partial charge in [-0.05, 0) is 23.8 Å². The number of rotatable bonds is 5. The summed E-state index contributed by atoms with van der Waals surface area (Å²) in [6, 6.07) is 16.4. The summed E-state index contributed by atoms with van der Waals surface area (Å²) in [6.07, 6.45) is -0.148. The van der Waals surface area contributed by atoms with E-state index in [0.29, 0.717) is 31.0 Å². The largest absolute Gasteiger partial charge is 0.482 e. The minimum absolute atomic E-state index is 0.120. The third-order valence-electron chi connectivity index (χ3n) is 3.97. The van der Waals surface area contributed by atoms with Crippen LogP contribution in [0.5, 0.6) is 5.75 Å². The van der Waals surface area contributed by atoms with Crippen LogP contribution in [0.3, 0.4) is 0 Å². The molecule has 1 atom stereocenters. The van der Waals surface area contributed by atoms with E-state index in [1.807, 2.05) is 30.3 Å². The van der Waals surface area contributed by atoms with Crippen molar-refractivity contribution in [3.63, 3.8) is 0 Å². The molecule has 1 N–H and O–H groups in total. The molecule has 0 radical (unpaired) electrons. The quantitative estimate of drug-likeness (QED) is 0.903. The van der Waals surface area contributed by atoms with E-state index in [4.69, 9.17) is 14.6 Å². The average molecular weight is 341 g/mol. The number of aliphatic carboxylic acids is 1. The molecule has 0 spiro atoms. The lowest BCUT2D eigenvalue weighted by molar-refractivity contribution is -0.139. The SMILES string of the molecule is O=C(O)COc1cccc(C(=O)N2CCOC(c3ccccc3)C2)c1. The molecule has 1 saturated heterocycles.